The maximum atomic E-state index is 13.4. The summed E-state index contributed by atoms with van der Waals surface area (Å²) in [6.07, 6.45) is 0.966. The van der Waals surface area contributed by atoms with E-state index in [2.05, 4.69) is 5.32 Å². The number of piperidine rings is 1. The molecule has 0 aliphatic carbocycles. The molecule has 3 rings (SSSR count). The van der Waals surface area contributed by atoms with Crippen LogP contribution in [-0.2, 0) is 10.0 Å². The number of hydrogen-bond acceptors (Lipinski definition) is 6. The molecule has 2 heterocycles. The Kier molecular flexibility index (Phi) is 6.97. The van der Waals surface area contributed by atoms with E-state index in [9.17, 15) is 18.0 Å². The van der Waals surface area contributed by atoms with Crippen LogP contribution in [0.5, 0.6) is 5.75 Å². The van der Waals surface area contributed by atoms with E-state index in [1.165, 1.54) is 41.0 Å². The van der Waals surface area contributed by atoms with Crippen LogP contribution in [0.3, 0.4) is 0 Å². The van der Waals surface area contributed by atoms with E-state index in [1.807, 2.05) is 20.8 Å². The first-order valence-electron chi connectivity index (χ1n) is 10.3. The van der Waals surface area contributed by atoms with Gasteiger partial charge in [-0.15, -0.1) is 11.3 Å². The minimum Gasteiger partial charge on any atom is -0.495 e. The lowest BCUT2D eigenvalue weighted by Crippen LogP contribution is -2.42. The van der Waals surface area contributed by atoms with E-state index >= 15 is 0 Å². The standard InChI is InChI=1S/C22H29N3O5S2/c1-12-8-13(2)11-25(10-12)32(28,29)18-9-16(6-7-17(18)30-5)21(27)24-22-19(20(23)26)14(3)15(4)31-22/h6-7,9,12-13H,8,10-11H2,1-5H3,(H2,23,26)(H,24,27). The molecule has 1 saturated heterocycles. The number of rotatable bonds is 6. The summed E-state index contributed by atoms with van der Waals surface area (Å²) < 4.78 is 33.6. The molecule has 1 aromatic carbocycles. The molecule has 3 N–H and O–H groups in total. The molecule has 2 unspecified atom stereocenters. The number of aryl methyl sites for hydroxylation is 1. The second-order valence-corrected chi connectivity index (χ2v) is 11.6. The highest BCUT2D eigenvalue weighted by Gasteiger charge is 2.34. The van der Waals surface area contributed by atoms with Gasteiger partial charge in [0.15, 0.2) is 0 Å². The van der Waals surface area contributed by atoms with E-state index in [1.54, 1.807) is 6.92 Å². The summed E-state index contributed by atoms with van der Waals surface area (Å²) in [5.74, 6) is -0.512. The molecular formula is C22H29N3O5S2. The molecule has 8 nitrogen and oxygen atoms in total. The fourth-order valence-electron chi connectivity index (χ4n) is 4.15. The molecule has 1 fully saturated rings. The Labute approximate surface area is 192 Å². The maximum Gasteiger partial charge on any atom is 0.256 e. The number of ether oxygens (including phenoxy) is 1. The van der Waals surface area contributed by atoms with Gasteiger partial charge in [0.2, 0.25) is 10.0 Å². The summed E-state index contributed by atoms with van der Waals surface area (Å²) in [6.45, 7) is 8.49. The van der Waals surface area contributed by atoms with Crippen LogP contribution in [0, 0.1) is 25.7 Å². The van der Waals surface area contributed by atoms with Crippen molar-refractivity contribution in [1.29, 1.82) is 0 Å². The molecule has 1 aliphatic rings. The predicted molar refractivity (Wildman–Crippen MR) is 125 cm³/mol. The SMILES string of the molecule is COc1ccc(C(=O)Nc2sc(C)c(C)c2C(N)=O)cc1S(=O)(=O)N1CC(C)CC(C)C1. The Hall–Kier alpha value is -2.43. The summed E-state index contributed by atoms with van der Waals surface area (Å²) in [6, 6.07) is 4.29. The quantitative estimate of drug-likeness (QED) is 0.658. The van der Waals surface area contributed by atoms with E-state index in [-0.39, 0.29) is 33.6 Å². The lowest BCUT2D eigenvalue weighted by Gasteiger charge is -2.34. The van der Waals surface area contributed by atoms with Crippen LogP contribution in [0.1, 0.15) is 51.4 Å². The minimum atomic E-state index is -3.87. The fraction of sp³-hybridized carbons (Fsp3) is 0.455. The number of anilines is 1. The number of hydrogen-bond donors (Lipinski definition) is 2. The molecule has 0 radical (unpaired) electrons. The molecule has 1 aliphatic heterocycles. The zero-order valence-electron chi connectivity index (χ0n) is 18.9. The van der Waals surface area contributed by atoms with Crippen molar-refractivity contribution in [2.45, 2.75) is 39.0 Å². The number of nitrogens with two attached hydrogens (primary N) is 1. The van der Waals surface area contributed by atoms with Gasteiger partial charge in [-0.25, -0.2) is 8.42 Å². The number of sulfonamides is 1. The topological polar surface area (TPSA) is 119 Å². The second kappa shape index (κ2) is 9.21. The van der Waals surface area contributed by atoms with E-state index in [0.29, 0.717) is 23.7 Å². The Morgan fingerprint density at radius 3 is 2.38 bits per heavy atom. The largest absolute Gasteiger partial charge is 0.495 e. The lowest BCUT2D eigenvalue weighted by molar-refractivity contribution is 0.100. The summed E-state index contributed by atoms with van der Waals surface area (Å²) in [7, 11) is -2.47. The van der Waals surface area contributed by atoms with Crippen molar-refractivity contribution < 1.29 is 22.7 Å². The van der Waals surface area contributed by atoms with Crippen molar-refractivity contribution >= 4 is 38.2 Å². The average Bonchev–Trinajstić information content (AvgIpc) is 2.99. The number of primary amides is 1. The van der Waals surface area contributed by atoms with Crippen molar-refractivity contribution in [1.82, 2.24) is 4.31 Å². The normalized spacial score (nSPS) is 19.5. The van der Waals surface area contributed by atoms with Crippen molar-refractivity contribution in [3.8, 4) is 5.75 Å². The van der Waals surface area contributed by atoms with E-state index in [0.717, 1.165) is 11.3 Å². The van der Waals surface area contributed by atoms with Gasteiger partial charge in [0.25, 0.3) is 11.8 Å². The summed E-state index contributed by atoms with van der Waals surface area (Å²) in [5, 5.41) is 3.05. The van der Waals surface area contributed by atoms with Crippen LogP contribution in [0.15, 0.2) is 23.1 Å². The molecule has 0 bridgehead atoms. The van der Waals surface area contributed by atoms with Gasteiger partial charge in [-0.3, -0.25) is 9.59 Å². The van der Waals surface area contributed by atoms with Gasteiger partial charge in [0.1, 0.15) is 15.6 Å². The molecule has 1 aromatic heterocycles. The lowest BCUT2D eigenvalue weighted by atomic mass is 9.94. The van der Waals surface area contributed by atoms with Crippen LogP contribution in [0.4, 0.5) is 5.00 Å². The monoisotopic (exact) mass is 479 g/mol. The first-order valence-corrected chi connectivity index (χ1v) is 12.6. The summed E-state index contributed by atoms with van der Waals surface area (Å²) in [4.78, 5) is 25.6. The Morgan fingerprint density at radius 1 is 1.19 bits per heavy atom. The minimum absolute atomic E-state index is 0.0531. The molecule has 2 aromatic rings. The molecule has 174 valence electrons. The van der Waals surface area contributed by atoms with E-state index < -0.39 is 21.8 Å². The van der Waals surface area contributed by atoms with Crippen LogP contribution in [0.2, 0.25) is 0 Å². The van der Waals surface area contributed by atoms with Gasteiger partial charge < -0.3 is 15.8 Å². The number of methoxy groups -OCH3 is 1. The number of thiophene rings is 1. The summed E-state index contributed by atoms with van der Waals surface area (Å²) >= 11 is 1.25. The van der Waals surface area contributed by atoms with Crippen LogP contribution in [0.25, 0.3) is 0 Å². The Balaban J connectivity index is 1.97. The molecule has 2 amide bonds. The van der Waals surface area contributed by atoms with E-state index in [4.69, 9.17) is 10.5 Å². The van der Waals surface area contributed by atoms with Crippen molar-refractivity contribution in [2.24, 2.45) is 17.6 Å². The fourth-order valence-corrected chi connectivity index (χ4v) is 7.07. The van der Waals surface area contributed by atoms with Gasteiger partial charge in [0, 0.05) is 23.5 Å². The molecule has 0 saturated carbocycles. The maximum absolute atomic E-state index is 13.4. The van der Waals surface area contributed by atoms with Gasteiger partial charge in [-0.05, 0) is 55.9 Å². The van der Waals surface area contributed by atoms with Crippen molar-refractivity contribution in [3.63, 3.8) is 0 Å². The number of amides is 2. The number of benzene rings is 1. The predicted octanol–water partition coefficient (Wildman–Crippen LogP) is 3.39. The van der Waals surface area contributed by atoms with Crippen LogP contribution < -0.4 is 15.8 Å². The van der Waals surface area contributed by atoms with Gasteiger partial charge >= 0.3 is 0 Å². The number of carbonyl (C=O) groups excluding carboxylic acids is 2. The molecule has 32 heavy (non-hydrogen) atoms. The highest BCUT2D eigenvalue weighted by atomic mass is 32.2. The van der Waals surface area contributed by atoms with Crippen LogP contribution >= 0.6 is 11.3 Å². The highest BCUT2D eigenvalue weighted by Crippen LogP contribution is 2.34. The smallest absolute Gasteiger partial charge is 0.256 e. The van der Waals surface area contributed by atoms with Gasteiger partial charge in [0.05, 0.1) is 12.7 Å². The van der Waals surface area contributed by atoms with Crippen LogP contribution in [-0.4, -0.2) is 44.7 Å². The zero-order valence-corrected chi connectivity index (χ0v) is 20.5. The van der Waals surface area contributed by atoms with Crippen molar-refractivity contribution in [3.05, 3.63) is 39.8 Å². The summed E-state index contributed by atoms with van der Waals surface area (Å²) in [5.41, 5.74) is 6.60. The Bertz CT molecular complexity index is 1150. The second-order valence-electron chi connectivity index (χ2n) is 8.44. The first-order chi connectivity index (χ1) is 14.9. The number of nitrogens with one attached hydrogen (secondary N) is 1. The Morgan fingerprint density at radius 2 is 1.81 bits per heavy atom. The third-order valence-corrected chi connectivity index (χ3v) is 8.71. The average molecular weight is 480 g/mol. The zero-order chi connectivity index (χ0) is 23.8. The third-order valence-electron chi connectivity index (χ3n) is 5.74. The molecule has 2 atom stereocenters. The van der Waals surface area contributed by atoms with Crippen molar-refractivity contribution in [2.75, 3.05) is 25.5 Å². The van der Waals surface area contributed by atoms with Gasteiger partial charge in [-0.1, -0.05) is 13.8 Å². The third kappa shape index (κ3) is 4.67. The molecule has 10 heteroatoms. The first kappa shape index (κ1) is 24.2. The highest BCUT2D eigenvalue weighted by molar-refractivity contribution is 7.89. The molecule has 0 spiro atoms. The van der Waals surface area contributed by atoms with Gasteiger partial charge in [-0.2, -0.15) is 4.31 Å². The number of carbonyl (C=O) groups is 2. The number of nitrogens with zero attached hydrogens (tertiary/aromatic N) is 1. The molecular weight excluding hydrogens is 450 g/mol.